The molecule has 11 nitrogen and oxygen atoms in total. The van der Waals surface area contributed by atoms with Crippen molar-refractivity contribution in [2.45, 2.75) is 122 Å². The predicted octanol–water partition coefficient (Wildman–Crippen LogP) is 7.72. The van der Waals surface area contributed by atoms with Gasteiger partial charge in [0.25, 0.3) is 15.9 Å². The summed E-state index contributed by atoms with van der Waals surface area (Å²) in [6, 6.07) is 13.6. The fourth-order valence-electron chi connectivity index (χ4n) is 7.39. The smallest absolute Gasteiger partial charge is 0.264 e. The Kier molecular flexibility index (Phi) is 11.4. The summed E-state index contributed by atoms with van der Waals surface area (Å²) in [6.45, 7) is 12.3. The second kappa shape index (κ2) is 16.0. The number of aromatic nitrogens is 4. The van der Waals surface area contributed by atoms with E-state index in [0.717, 1.165) is 48.8 Å². The number of fused-ring (bicyclic) bond motifs is 6. The number of hydrogen-bond acceptors (Lipinski definition) is 9. The Labute approximate surface area is 307 Å². The molecule has 2 aromatic heterocycles. The van der Waals surface area contributed by atoms with Gasteiger partial charge in [-0.1, -0.05) is 51.0 Å². The lowest BCUT2D eigenvalue weighted by atomic mass is 9.95. The second-order valence-corrected chi connectivity index (χ2v) is 16.4. The molecule has 2 aliphatic heterocycles. The molecular weight excluding hydrogens is 677 g/mol. The number of amides is 1. The van der Waals surface area contributed by atoms with Crippen molar-refractivity contribution in [1.82, 2.24) is 24.8 Å². The maximum absolute atomic E-state index is 14.8. The Morgan fingerprint density at radius 2 is 1.69 bits per heavy atom. The van der Waals surface area contributed by atoms with Crippen molar-refractivity contribution in [3.05, 3.63) is 83.4 Å². The summed E-state index contributed by atoms with van der Waals surface area (Å²) in [5.41, 5.74) is 3.74. The van der Waals surface area contributed by atoms with Gasteiger partial charge in [0.2, 0.25) is 11.8 Å². The minimum atomic E-state index is -4.17. The Morgan fingerprint density at radius 1 is 0.962 bits per heavy atom. The van der Waals surface area contributed by atoms with Gasteiger partial charge in [-0.3, -0.25) is 4.79 Å². The summed E-state index contributed by atoms with van der Waals surface area (Å²) in [4.78, 5) is 35.2. The van der Waals surface area contributed by atoms with Crippen LogP contribution in [0, 0.1) is 19.8 Å². The number of nitrogens with zero attached hydrogens (tertiary/aromatic N) is 5. The van der Waals surface area contributed by atoms with Crippen LogP contribution < -0.4 is 14.2 Å². The van der Waals surface area contributed by atoms with Gasteiger partial charge in [-0.2, -0.15) is 4.98 Å². The molecule has 12 heteroatoms. The van der Waals surface area contributed by atoms with E-state index in [9.17, 15) is 13.2 Å². The largest absolute Gasteiger partial charge is 0.488 e. The van der Waals surface area contributed by atoms with Gasteiger partial charge in [-0.15, -0.1) is 0 Å². The number of anilines is 1. The van der Waals surface area contributed by atoms with E-state index in [1.54, 1.807) is 30.6 Å². The number of sulfonamides is 1. The van der Waals surface area contributed by atoms with Gasteiger partial charge in [0.1, 0.15) is 11.9 Å². The zero-order chi connectivity index (χ0) is 37.0. The van der Waals surface area contributed by atoms with Crippen LogP contribution in [0.3, 0.4) is 0 Å². The number of hydrogen-bond donors (Lipinski definition) is 1. The highest BCUT2D eigenvalue weighted by atomic mass is 32.2. The van der Waals surface area contributed by atoms with E-state index in [1.165, 1.54) is 12.1 Å². The molecule has 1 fully saturated rings. The summed E-state index contributed by atoms with van der Waals surface area (Å²) < 4.78 is 42.8. The monoisotopic (exact) mass is 726 g/mol. The molecule has 0 spiro atoms. The van der Waals surface area contributed by atoms with Crippen molar-refractivity contribution in [2.75, 3.05) is 4.72 Å². The molecule has 3 atom stereocenters. The summed E-state index contributed by atoms with van der Waals surface area (Å²) in [5.74, 6) is 1.74. The highest BCUT2D eigenvalue weighted by Crippen LogP contribution is 2.35. The van der Waals surface area contributed by atoms with Crippen LogP contribution in [-0.4, -0.2) is 63.5 Å². The highest BCUT2D eigenvalue weighted by Gasteiger charge is 2.40. The molecule has 6 bridgehead atoms. The second-order valence-electron chi connectivity index (χ2n) is 14.7. The molecule has 3 unspecified atom stereocenters. The van der Waals surface area contributed by atoms with E-state index >= 15 is 0 Å². The first-order valence-corrected chi connectivity index (χ1v) is 19.9. The normalized spacial score (nSPS) is 19.9. The zero-order valence-corrected chi connectivity index (χ0v) is 31.8. The van der Waals surface area contributed by atoms with Crippen LogP contribution in [0.25, 0.3) is 11.3 Å². The number of rotatable bonds is 10. The molecule has 1 amide bonds. The molecule has 2 aromatic carbocycles. The average molecular weight is 727 g/mol. The Bertz CT molecular complexity index is 1960. The molecule has 4 aromatic rings. The fraction of sp³-hybridized carbons (Fsp3) is 0.475. The molecule has 0 radical (unpaired) electrons. The van der Waals surface area contributed by atoms with Gasteiger partial charge in [-0.05, 0) is 95.0 Å². The lowest BCUT2D eigenvalue weighted by Gasteiger charge is -2.40. The van der Waals surface area contributed by atoms with Gasteiger partial charge >= 0.3 is 0 Å². The number of ether oxygens (including phenoxy) is 2. The van der Waals surface area contributed by atoms with Crippen LogP contribution >= 0.6 is 0 Å². The molecule has 6 rings (SSSR count). The average Bonchev–Trinajstić information content (AvgIpc) is 3.25. The Balaban J connectivity index is 1.45. The van der Waals surface area contributed by atoms with Crippen molar-refractivity contribution in [2.24, 2.45) is 5.92 Å². The molecule has 2 aliphatic rings. The van der Waals surface area contributed by atoms with Crippen molar-refractivity contribution in [3.63, 3.8) is 0 Å². The lowest BCUT2D eigenvalue weighted by molar-refractivity contribution is 0.0287. The maximum atomic E-state index is 14.8. The fourth-order valence-corrected chi connectivity index (χ4v) is 8.38. The van der Waals surface area contributed by atoms with E-state index in [1.807, 2.05) is 50.8 Å². The lowest BCUT2D eigenvalue weighted by Crippen LogP contribution is -2.52. The molecule has 4 heterocycles. The number of carbonyl (C=O) groups excluding carboxylic acids is 1. The highest BCUT2D eigenvalue weighted by molar-refractivity contribution is 7.92. The zero-order valence-electron chi connectivity index (χ0n) is 31.0. The standard InChI is InChI=1S/C40H50N6O5S/c1-25(2)11-7-17-34-35-18-10-15-30(19-20-36-41-23-31(24-42-36)50-26(3)4)46(34)39(47)29-14-9-16-32(21-29)52(48,49)45-40-43-33(22-37(44-40)51-35)38-27(5)12-8-13-28(38)6/h8-9,12-14,16,21-26,30,34-35H,7,10-11,15,17-20H2,1-6H3,(H,43,44,45). The van der Waals surface area contributed by atoms with Gasteiger partial charge in [0, 0.05) is 29.7 Å². The van der Waals surface area contributed by atoms with E-state index in [4.69, 9.17) is 9.47 Å². The third kappa shape index (κ3) is 8.71. The van der Waals surface area contributed by atoms with Crippen LogP contribution in [-0.2, 0) is 16.4 Å². The maximum Gasteiger partial charge on any atom is 0.264 e. The van der Waals surface area contributed by atoms with Gasteiger partial charge < -0.3 is 14.4 Å². The summed E-state index contributed by atoms with van der Waals surface area (Å²) in [7, 11) is -4.17. The summed E-state index contributed by atoms with van der Waals surface area (Å²) in [5, 5.41) is 0. The molecule has 52 heavy (non-hydrogen) atoms. The third-order valence-electron chi connectivity index (χ3n) is 9.81. The molecule has 1 saturated heterocycles. The first-order valence-electron chi connectivity index (χ1n) is 18.4. The molecule has 1 N–H and O–H groups in total. The third-order valence-corrected chi connectivity index (χ3v) is 11.1. The number of carbonyl (C=O) groups is 1. The SMILES string of the molecule is Cc1cccc(C)c1-c1cc2nc(n1)NS(=O)(=O)c1cccc(c1)C(=O)N1C(CCc3ncc(OC(C)C)cn3)CCCC(O2)C1CCCC(C)C. The van der Waals surface area contributed by atoms with Crippen molar-refractivity contribution >= 4 is 21.9 Å². The van der Waals surface area contributed by atoms with Crippen molar-refractivity contribution in [1.29, 1.82) is 0 Å². The summed E-state index contributed by atoms with van der Waals surface area (Å²) >= 11 is 0. The van der Waals surface area contributed by atoms with Crippen molar-refractivity contribution in [3.8, 4) is 22.9 Å². The topological polar surface area (TPSA) is 136 Å². The molecule has 276 valence electrons. The first-order chi connectivity index (χ1) is 24.9. The number of aryl methyl sites for hydroxylation is 3. The quantitative estimate of drug-likeness (QED) is 0.174. The molecular formula is C40H50N6O5S. The summed E-state index contributed by atoms with van der Waals surface area (Å²) in [6.07, 6.45) is 9.13. The van der Waals surface area contributed by atoms with Crippen LogP contribution in [0.15, 0.2) is 65.8 Å². The van der Waals surface area contributed by atoms with Crippen molar-refractivity contribution < 1.29 is 22.7 Å². The van der Waals surface area contributed by atoms with Gasteiger partial charge in [-0.25, -0.2) is 28.1 Å². The van der Waals surface area contributed by atoms with Crippen LogP contribution in [0.5, 0.6) is 11.6 Å². The van der Waals surface area contributed by atoms with Crippen LogP contribution in [0.1, 0.15) is 99.9 Å². The Morgan fingerprint density at radius 3 is 2.40 bits per heavy atom. The number of nitrogens with one attached hydrogen (secondary N) is 1. The number of benzene rings is 2. The van der Waals surface area contributed by atoms with Crippen LogP contribution in [0.2, 0.25) is 0 Å². The van der Waals surface area contributed by atoms with Gasteiger partial charge in [0.05, 0.1) is 35.1 Å². The molecule has 0 saturated carbocycles. The first kappa shape index (κ1) is 37.2. The van der Waals surface area contributed by atoms with Crippen LogP contribution in [0.4, 0.5) is 5.95 Å². The van der Waals surface area contributed by atoms with E-state index < -0.39 is 10.0 Å². The Hall–Kier alpha value is -4.58. The molecule has 0 aliphatic carbocycles. The van der Waals surface area contributed by atoms with E-state index in [2.05, 4.69) is 38.5 Å². The minimum Gasteiger partial charge on any atom is -0.488 e. The van der Waals surface area contributed by atoms with E-state index in [0.29, 0.717) is 48.0 Å². The van der Waals surface area contributed by atoms with E-state index in [-0.39, 0.29) is 46.9 Å². The van der Waals surface area contributed by atoms with Gasteiger partial charge in [0.15, 0.2) is 5.75 Å². The predicted molar refractivity (Wildman–Crippen MR) is 201 cm³/mol. The minimum absolute atomic E-state index is 0.0174.